The molecule has 0 aromatic carbocycles. The summed E-state index contributed by atoms with van der Waals surface area (Å²) in [5, 5.41) is 4.07. The molecule has 5 nitrogen and oxygen atoms in total. The minimum absolute atomic E-state index is 0.241. The van der Waals surface area contributed by atoms with Crippen LogP contribution in [0.3, 0.4) is 0 Å². The zero-order valence-electron chi connectivity index (χ0n) is 5.51. The van der Waals surface area contributed by atoms with Crippen molar-refractivity contribution >= 4 is 18.2 Å². The van der Waals surface area contributed by atoms with Gasteiger partial charge in [0.25, 0.3) is 0 Å². The summed E-state index contributed by atoms with van der Waals surface area (Å²) in [6.07, 6.45) is -0.0689. The number of amides is 3. The van der Waals surface area contributed by atoms with Gasteiger partial charge in [0.15, 0.2) is 0 Å². The molecule has 0 saturated heterocycles. The summed E-state index contributed by atoms with van der Waals surface area (Å²) >= 11 is 0. The van der Waals surface area contributed by atoms with E-state index in [2.05, 4.69) is 5.32 Å². The van der Waals surface area contributed by atoms with Gasteiger partial charge in [-0.2, -0.15) is 0 Å². The Balaban J connectivity index is 3.57. The van der Waals surface area contributed by atoms with Gasteiger partial charge in [-0.3, -0.25) is 19.7 Å². The Morgan fingerprint density at radius 3 is 2.40 bits per heavy atom. The molecule has 0 heterocycles. The first-order valence-corrected chi connectivity index (χ1v) is 2.64. The Hall–Kier alpha value is -1.39. The van der Waals surface area contributed by atoms with E-state index in [1.54, 1.807) is 0 Å². The van der Waals surface area contributed by atoms with Gasteiger partial charge >= 0.3 is 0 Å². The third-order valence-electron chi connectivity index (χ3n) is 0.820. The van der Waals surface area contributed by atoms with E-state index in [0.29, 0.717) is 0 Å². The Bertz CT molecular complexity index is 155. The molecule has 0 aromatic heterocycles. The quantitative estimate of drug-likeness (QED) is 0.370. The van der Waals surface area contributed by atoms with E-state index >= 15 is 0 Å². The summed E-state index contributed by atoms with van der Waals surface area (Å²) in [6, 6.07) is 0. The van der Waals surface area contributed by atoms with Crippen LogP contribution in [-0.2, 0) is 14.4 Å². The molecule has 0 saturated carbocycles. The molecule has 0 aliphatic heterocycles. The normalized spacial score (nSPS) is 8.10. The highest BCUT2D eigenvalue weighted by Gasteiger charge is 2.04. The maximum Gasteiger partial charge on any atom is 0.235 e. The van der Waals surface area contributed by atoms with Crippen LogP contribution in [0.25, 0.3) is 0 Å². The molecular weight excluding hydrogens is 136 g/mol. The first kappa shape index (κ1) is 8.61. The number of imide groups is 1. The molecule has 0 spiro atoms. The minimum atomic E-state index is -0.602. The van der Waals surface area contributed by atoms with Crippen LogP contribution >= 0.6 is 0 Å². The monoisotopic (exact) mass is 144 g/mol. The predicted octanol–water partition coefficient (Wildman–Crippen LogP) is -1.60. The summed E-state index contributed by atoms with van der Waals surface area (Å²) in [5.41, 5.74) is 0. The van der Waals surface area contributed by atoms with Gasteiger partial charge in [-0.1, -0.05) is 0 Å². The fourth-order valence-electron chi connectivity index (χ4n) is 0.351. The summed E-state index contributed by atoms with van der Waals surface area (Å²) in [4.78, 5) is 30.4. The fourth-order valence-corrected chi connectivity index (χ4v) is 0.351. The summed E-state index contributed by atoms with van der Waals surface area (Å²) in [5.74, 6) is -1.02. The first-order chi connectivity index (χ1) is 4.70. The zero-order valence-corrected chi connectivity index (χ0v) is 5.51. The van der Waals surface area contributed by atoms with Crippen molar-refractivity contribution in [1.82, 2.24) is 10.6 Å². The molecule has 0 unspecified atom stereocenters. The molecule has 0 bridgehead atoms. The number of hydrogen-bond donors (Lipinski definition) is 2. The smallest absolute Gasteiger partial charge is 0.235 e. The number of carbonyl (C=O) groups excluding carboxylic acids is 3. The van der Waals surface area contributed by atoms with Crippen LogP contribution in [0.5, 0.6) is 0 Å². The molecule has 0 aliphatic rings. The van der Waals surface area contributed by atoms with E-state index in [0.717, 1.165) is 0 Å². The molecule has 0 aromatic rings. The Kier molecular flexibility index (Phi) is 3.86. The molecule has 0 radical (unpaired) electrons. The second-order valence-corrected chi connectivity index (χ2v) is 1.54. The van der Waals surface area contributed by atoms with Gasteiger partial charge in [0.1, 0.15) is 6.42 Å². The lowest BCUT2D eigenvalue weighted by molar-refractivity contribution is -0.130. The Morgan fingerprint density at radius 1 is 1.40 bits per heavy atom. The lowest BCUT2D eigenvalue weighted by Crippen LogP contribution is -2.29. The largest absolute Gasteiger partial charge is 0.359 e. The van der Waals surface area contributed by atoms with Crippen LogP contribution in [0, 0.1) is 0 Å². The van der Waals surface area contributed by atoms with Gasteiger partial charge in [-0.05, 0) is 0 Å². The summed E-state index contributed by atoms with van der Waals surface area (Å²) in [6.45, 7) is 0. The number of rotatable bonds is 3. The maximum atomic E-state index is 10.4. The van der Waals surface area contributed by atoms with Crippen molar-refractivity contribution < 1.29 is 14.4 Å². The van der Waals surface area contributed by atoms with Crippen LogP contribution in [-0.4, -0.2) is 25.3 Å². The highest BCUT2D eigenvalue weighted by Crippen LogP contribution is 1.75. The van der Waals surface area contributed by atoms with Gasteiger partial charge in [-0.25, -0.2) is 0 Å². The van der Waals surface area contributed by atoms with E-state index in [4.69, 9.17) is 0 Å². The van der Waals surface area contributed by atoms with Crippen molar-refractivity contribution in [2.75, 3.05) is 7.05 Å². The molecule has 2 N–H and O–H groups in total. The Labute approximate surface area is 57.8 Å². The number of carbonyl (C=O) groups is 3. The van der Waals surface area contributed by atoms with Gasteiger partial charge in [-0.15, -0.1) is 0 Å². The second-order valence-electron chi connectivity index (χ2n) is 1.54. The van der Waals surface area contributed by atoms with Crippen molar-refractivity contribution in [3.8, 4) is 0 Å². The topological polar surface area (TPSA) is 75.3 Å². The van der Waals surface area contributed by atoms with Gasteiger partial charge in [0, 0.05) is 7.05 Å². The third kappa shape index (κ3) is 3.59. The van der Waals surface area contributed by atoms with Gasteiger partial charge in [0.2, 0.25) is 18.2 Å². The molecule has 0 atom stereocenters. The van der Waals surface area contributed by atoms with Crippen molar-refractivity contribution in [3.05, 3.63) is 0 Å². The highest BCUT2D eigenvalue weighted by molar-refractivity contribution is 6.00. The summed E-state index contributed by atoms with van der Waals surface area (Å²) in [7, 11) is 1.41. The van der Waals surface area contributed by atoms with Crippen molar-refractivity contribution in [3.63, 3.8) is 0 Å². The van der Waals surface area contributed by atoms with Crippen molar-refractivity contribution in [1.29, 1.82) is 0 Å². The Morgan fingerprint density at radius 2 is 2.00 bits per heavy atom. The molecule has 3 amide bonds. The fraction of sp³-hybridized carbons (Fsp3) is 0.400. The minimum Gasteiger partial charge on any atom is -0.359 e. The maximum absolute atomic E-state index is 10.4. The van der Waals surface area contributed by atoms with Crippen LogP contribution in [0.2, 0.25) is 0 Å². The highest BCUT2D eigenvalue weighted by atomic mass is 16.2. The van der Waals surface area contributed by atoms with Crippen LogP contribution in [0.1, 0.15) is 6.42 Å². The van der Waals surface area contributed by atoms with E-state index < -0.39 is 11.8 Å². The average Bonchev–Trinajstić information content (AvgIpc) is 1.88. The van der Waals surface area contributed by atoms with E-state index in [9.17, 15) is 14.4 Å². The van der Waals surface area contributed by atoms with E-state index in [1.165, 1.54) is 7.05 Å². The zero-order chi connectivity index (χ0) is 7.98. The average molecular weight is 144 g/mol. The second kappa shape index (κ2) is 4.49. The van der Waals surface area contributed by atoms with Crippen molar-refractivity contribution in [2.45, 2.75) is 6.42 Å². The molecule has 56 valence electrons. The first-order valence-electron chi connectivity index (χ1n) is 2.64. The molecule has 0 aliphatic carbocycles. The van der Waals surface area contributed by atoms with E-state index in [-0.39, 0.29) is 12.8 Å². The van der Waals surface area contributed by atoms with Crippen LogP contribution in [0.4, 0.5) is 0 Å². The predicted molar refractivity (Wildman–Crippen MR) is 32.9 cm³/mol. The molecule has 5 heteroatoms. The molecule has 0 rings (SSSR count). The lowest BCUT2D eigenvalue weighted by atomic mass is 10.4. The number of nitrogens with one attached hydrogen (secondary N) is 2. The number of hydrogen-bond acceptors (Lipinski definition) is 3. The molecule has 0 fully saturated rings. The SMILES string of the molecule is CNC(=O)CC(=O)NC=O. The van der Waals surface area contributed by atoms with Crippen molar-refractivity contribution in [2.24, 2.45) is 0 Å². The molecule has 10 heavy (non-hydrogen) atoms. The van der Waals surface area contributed by atoms with Gasteiger partial charge in [0.05, 0.1) is 0 Å². The third-order valence-corrected chi connectivity index (χ3v) is 0.820. The van der Waals surface area contributed by atoms with E-state index in [1.807, 2.05) is 5.32 Å². The lowest BCUT2D eigenvalue weighted by Gasteiger charge is -1.95. The van der Waals surface area contributed by atoms with Crippen LogP contribution < -0.4 is 10.6 Å². The molecular formula is C5H8N2O3. The standard InChI is InChI=1S/C5H8N2O3/c1-6-4(9)2-5(10)7-3-8/h3H,2H2,1H3,(H,6,9)(H,7,8,10). The van der Waals surface area contributed by atoms with Gasteiger partial charge < -0.3 is 5.32 Å². The van der Waals surface area contributed by atoms with Crippen LogP contribution in [0.15, 0.2) is 0 Å². The summed E-state index contributed by atoms with van der Waals surface area (Å²) < 4.78 is 0.